The second-order valence-corrected chi connectivity index (χ2v) is 9.25. The molecule has 152 valence electrons. The molecule has 0 saturated carbocycles. The quantitative estimate of drug-likeness (QED) is 0.424. The first-order valence-electron chi connectivity index (χ1n) is 9.51. The fourth-order valence-electron chi connectivity index (χ4n) is 3.28. The van der Waals surface area contributed by atoms with Gasteiger partial charge in [-0.1, -0.05) is 114 Å². The van der Waals surface area contributed by atoms with Gasteiger partial charge in [0.2, 0.25) is 9.70 Å². The molecule has 2 atom stereocenters. The Bertz CT molecular complexity index is 861. The summed E-state index contributed by atoms with van der Waals surface area (Å²) in [6.45, 7) is 0.457. The van der Waals surface area contributed by atoms with Gasteiger partial charge in [0.05, 0.1) is 5.92 Å². The van der Waals surface area contributed by atoms with E-state index < -0.39 is 15.9 Å². The Kier molecular flexibility index (Phi) is 7.79. The first kappa shape index (κ1) is 21.9. The molecule has 1 aliphatic carbocycles. The number of hydrogen-bond acceptors (Lipinski definition) is 2. The standard InChI is InChI=1S/C23H23Cl3N2O/c24-23(25,26)22(27-16-17-10-4-1-5-11-17)28-21(29)20(18-12-6-2-7-13-18)19-14-8-3-9-15-19/h1-2,4-8,10-15,20,22,27H,3,9,16H2,(H,28,29)/t20-,22-/m0/s1. The Hall–Kier alpha value is -1.78. The van der Waals surface area contributed by atoms with Crippen LogP contribution in [0.15, 0.2) is 84.5 Å². The Labute approximate surface area is 186 Å². The van der Waals surface area contributed by atoms with Crippen LogP contribution in [-0.2, 0) is 11.3 Å². The molecule has 3 rings (SSSR count). The van der Waals surface area contributed by atoms with Crippen LogP contribution in [0.3, 0.4) is 0 Å². The Morgan fingerprint density at radius 3 is 2.21 bits per heavy atom. The third kappa shape index (κ3) is 6.35. The minimum Gasteiger partial charge on any atom is -0.336 e. The maximum atomic E-state index is 13.3. The van der Waals surface area contributed by atoms with E-state index >= 15 is 0 Å². The normalized spacial score (nSPS) is 16.0. The van der Waals surface area contributed by atoms with Gasteiger partial charge in [0.25, 0.3) is 0 Å². The summed E-state index contributed by atoms with van der Waals surface area (Å²) in [5.41, 5.74) is 2.87. The number of carbonyl (C=O) groups excluding carboxylic acids is 1. The molecule has 0 unspecified atom stereocenters. The van der Waals surface area contributed by atoms with Crippen LogP contribution in [0.25, 0.3) is 0 Å². The van der Waals surface area contributed by atoms with Crippen molar-refractivity contribution in [3.8, 4) is 0 Å². The van der Waals surface area contributed by atoms with E-state index in [1.54, 1.807) is 0 Å². The Morgan fingerprint density at radius 2 is 1.62 bits per heavy atom. The van der Waals surface area contributed by atoms with Gasteiger partial charge in [0, 0.05) is 6.54 Å². The van der Waals surface area contributed by atoms with Crippen LogP contribution in [-0.4, -0.2) is 15.9 Å². The maximum Gasteiger partial charge on any atom is 0.233 e. The molecular formula is C23H23Cl3N2O. The van der Waals surface area contributed by atoms with Gasteiger partial charge in [0.1, 0.15) is 6.17 Å². The van der Waals surface area contributed by atoms with E-state index in [0.29, 0.717) is 6.54 Å². The highest BCUT2D eigenvalue weighted by Crippen LogP contribution is 2.32. The van der Waals surface area contributed by atoms with Crippen molar-refractivity contribution in [1.29, 1.82) is 0 Å². The molecule has 0 bridgehead atoms. The minimum absolute atomic E-state index is 0.217. The molecule has 2 aromatic rings. The molecule has 0 radical (unpaired) electrons. The molecule has 0 aliphatic heterocycles. The largest absolute Gasteiger partial charge is 0.336 e. The molecule has 6 heteroatoms. The van der Waals surface area contributed by atoms with E-state index in [2.05, 4.69) is 22.8 Å². The van der Waals surface area contributed by atoms with Crippen molar-refractivity contribution in [2.24, 2.45) is 0 Å². The molecule has 0 saturated heterocycles. The molecule has 0 spiro atoms. The average Bonchev–Trinajstić information content (AvgIpc) is 2.73. The van der Waals surface area contributed by atoms with Crippen molar-refractivity contribution in [3.05, 3.63) is 95.6 Å². The number of alkyl halides is 3. The summed E-state index contributed by atoms with van der Waals surface area (Å²) >= 11 is 18.5. The van der Waals surface area contributed by atoms with Gasteiger partial charge in [0.15, 0.2) is 0 Å². The third-order valence-electron chi connectivity index (χ3n) is 4.72. The van der Waals surface area contributed by atoms with Crippen molar-refractivity contribution in [1.82, 2.24) is 10.6 Å². The number of allylic oxidation sites excluding steroid dienone is 3. The predicted octanol–water partition coefficient (Wildman–Crippen LogP) is 5.65. The lowest BCUT2D eigenvalue weighted by Gasteiger charge is -2.29. The molecule has 1 amide bonds. The van der Waals surface area contributed by atoms with Gasteiger partial charge in [-0.3, -0.25) is 10.1 Å². The van der Waals surface area contributed by atoms with Crippen LogP contribution in [0, 0.1) is 0 Å². The van der Waals surface area contributed by atoms with E-state index in [-0.39, 0.29) is 5.91 Å². The van der Waals surface area contributed by atoms with Gasteiger partial charge >= 0.3 is 0 Å². The molecule has 2 aromatic carbocycles. The second-order valence-electron chi connectivity index (χ2n) is 6.88. The highest BCUT2D eigenvalue weighted by atomic mass is 35.6. The molecule has 0 fully saturated rings. The molecule has 1 aliphatic rings. The topological polar surface area (TPSA) is 41.1 Å². The zero-order chi connectivity index (χ0) is 20.7. The lowest BCUT2D eigenvalue weighted by Crippen LogP contribution is -2.54. The highest BCUT2D eigenvalue weighted by Gasteiger charge is 2.36. The summed E-state index contributed by atoms with van der Waals surface area (Å²) in [5.74, 6) is -0.688. The van der Waals surface area contributed by atoms with Crippen LogP contribution in [0.2, 0.25) is 0 Å². The van der Waals surface area contributed by atoms with Crippen molar-refractivity contribution in [2.75, 3.05) is 0 Å². The molecule has 0 heterocycles. The van der Waals surface area contributed by atoms with E-state index in [1.807, 2.05) is 66.7 Å². The Morgan fingerprint density at radius 1 is 0.966 bits per heavy atom. The van der Waals surface area contributed by atoms with Gasteiger partial charge < -0.3 is 5.32 Å². The number of benzene rings is 2. The first-order valence-corrected chi connectivity index (χ1v) is 10.6. The van der Waals surface area contributed by atoms with Crippen LogP contribution in [0.4, 0.5) is 0 Å². The van der Waals surface area contributed by atoms with Gasteiger partial charge in [-0.15, -0.1) is 0 Å². The lowest BCUT2D eigenvalue weighted by atomic mass is 9.87. The van der Waals surface area contributed by atoms with Crippen molar-refractivity contribution >= 4 is 40.7 Å². The SMILES string of the molecule is O=C(N[C@H](NCc1ccccc1)C(Cl)(Cl)Cl)[C@H](C1=CCCC=C1)c1ccccc1. The fraction of sp³-hybridized carbons (Fsp3) is 0.261. The zero-order valence-corrected chi connectivity index (χ0v) is 18.1. The predicted molar refractivity (Wildman–Crippen MR) is 121 cm³/mol. The summed E-state index contributed by atoms with van der Waals surface area (Å²) in [7, 11) is 0. The van der Waals surface area contributed by atoms with Crippen LogP contribution >= 0.6 is 34.8 Å². The molecular weight excluding hydrogens is 427 g/mol. The molecule has 29 heavy (non-hydrogen) atoms. The first-order chi connectivity index (χ1) is 13.9. The van der Waals surface area contributed by atoms with Gasteiger partial charge in [-0.25, -0.2) is 0 Å². The summed E-state index contributed by atoms with van der Waals surface area (Å²) in [6.07, 6.45) is 7.21. The minimum atomic E-state index is -1.71. The monoisotopic (exact) mass is 448 g/mol. The number of hydrogen-bond donors (Lipinski definition) is 2. The lowest BCUT2D eigenvalue weighted by molar-refractivity contribution is -0.122. The third-order valence-corrected chi connectivity index (χ3v) is 5.37. The zero-order valence-electron chi connectivity index (χ0n) is 15.8. The number of carbonyl (C=O) groups is 1. The maximum absolute atomic E-state index is 13.3. The number of rotatable bonds is 7. The number of halogens is 3. The number of nitrogens with one attached hydrogen (secondary N) is 2. The van der Waals surface area contributed by atoms with Crippen LogP contribution in [0.1, 0.15) is 29.9 Å². The fourth-order valence-corrected chi connectivity index (χ4v) is 3.67. The van der Waals surface area contributed by atoms with Gasteiger partial charge in [-0.2, -0.15) is 0 Å². The van der Waals surface area contributed by atoms with E-state index in [1.165, 1.54) is 0 Å². The van der Waals surface area contributed by atoms with E-state index in [4.69, 9.17) is 34.8 Å². The van der Waals surface area contributed by atoms with Crippen LogP contribution < -0.4 is 10.6 Å². The van der Waals surface area contributed by atoms with Crippen molar-refractivity contribution < 1.29 is 4.79 Å². The van der Waals surface area contributed by atoms with Crippen molar-refractivity contribution in [3.63, 3.8) is 0 Å². The molecule has 3 nitrogen and oxygen atoms in total. The summed E-state index contributed by atoms with van der Waals surface area (Å²) < 4.78 is -1.71. The summed E-state index contributed by atoms with van der Waals surface area (Å²) in [6, 6.07) is 19.4. The van der Waals surface area contributed by atoms with Gasteiger partial charge in [-0.05, 0) is 29.5 Å². The summed E-state index contributed by atoms with van der Waals surface area (Å²) in [4.78, 5) is 13.3. The molecule has 2 N–H and O–H groups in total. The number of amides is 1. The van der Waals surface area contributed by atoms with Crippen molar-refractivity contribution in [2.45, 2.75) is 35.3 Å². The van der Waals surface area contributed by atoms with Crippen LogP contribution in [0.5, 0.6) is 0 Å². The van der Waals surface area contributed by atoms with E-state index in [0.717, 1.165) is 29.5 Å². The average molecular weight is 450 g/mol. The smallest absolute Gasteiger partial charge is 0.233 e. The highest BCUT2D eigenvalue weighted by molar-refractivity contribution is 6.68. The summed E-state index contributed by atoms with van der Waals surface area (Å²) in [5, 5.41) is 6.05. The second kappa shape index (κ2) is 10.3. The Balaban J connectivity index is 1.79. The molecule has 0 aromatic heterocycles. The van der Waals surface area contributed by atoms with E-state index in [9.17, 15) is 4.79 Å².